The van der Waals surface area contributed by atoms with Gasteiger partial charge in [0, 0.05) is 25.2 Å². The van der Waals surface area contributed by atoms with Gasteiger partial charge in [0.2, 0.25) is 0 Å². The fraction of sp³-hybridized carbons (Fsp3) is 1.00. The molecular weight excluding hydrogens is 284 g/mol. The van der Waals surface area contributed by atoms with Crippen molar-refractivity contribution >= 4 is 9.84 Å². The molecule has 1 saturated heterocycles. The number of nitrogens with zero attached hydrogens (tertiary/aromatic N) is 1. The van der Waals surface area contributed by atoms with Gasteiger partial charge in [-0.25, -0.2) is 8.42 Å². The molecule has 0 spiro atoms. The minimum Gasteiger partial charge on any atom is -0.314 e. The van der Waals surface area contributed by atoms with E-state index in [2.05, 4.69) is 24.1 Å². The second kappa shape index (κ2) is 7.93. The number of nitrogens with one attached hydrogen (secondary N) is 1. The van der Waals surface area contributed by atoms with E-state index in [0.29, 0.717) is 23.5 Å². The zero-order chi connectivity index (χ0) is 15.3. The Morgan fingerprint density at radius 1 is 1.19 bits per heavy atom. The van der Waals surface area contributed by atoms with Crippen LogP contribution < -0.4 is 5.32 Å². The van der Waals surface area contributed by atoms with Crippen molar-refractivity contribution in [3.63, 3.8) is 0 Å². The molecule has 0 aromatic heterocycles. The quantitative estimate of drug-likeness (QED) is 0.789. The minimum absolute atomic E-state index is 0.179. The molecule has 0 aromatic carbocycles. The van der Waals surface area contributed by atoms with Gasteiger partial charge in [-0.1, -0.05) is 26.2 Å². The van der Waals surface area contributed by atoms with Crippen LogP contribution in [0.25, 0.3) is 0 Å². The van der Waals surface area contributed by atoms with Gasteiger partial charge in [0.05, 0.1) is 11.5 Å². The van der Waals surface area contributed by atoms with Crippen molar-refractivity contribution in [3.05, 3.63) is 0 Å². The molecular formula is C16H32N2O2S. The van der Waals surface area contributed by atoms with Gasteiger partial charge >= 0.3 is 0 Å². The Bertz CT molecular complexity index is 411. The fourth-order valence-corrected chi connectivity index (χ4v) is 5.43. The zero-order valence-corrected chi connectivity index (χ0v) is 14.5. The van der Waals surface area contributed by atoms with Crippen molar-refractivity contribution in [1.29, 1.82) is 0 Å². The lowest BCUT2D eigenvalue weighted by molar-refractivity contribution is 0.164. The average molecular weight is 317 g/mol. The van der Waals surface area contributed by atoms with Crippen molar-refractivity contribution in [2.45, 2.75) is 64.5 Å². The van der Waals surface area contributed by atoms with Crippen molar-refractivity contribution in [2.24, 2.45) is 5.92 Å². The first-order valence-electron chi connectivity index (χ1n) is 8.69. The first kappa shape index (κ1) is 17.2. The smallest absolute Gasteiger partial charge is 0.153 e. The molecule has 1 saturated carbocycles. The van der Waals surface area contributed by atoms with Crippen LogP contribution in [0.4, 0.5) is 0 Å². The maximum Gasteiger partial charge on any atom is 0.153 e. The Morgan fingerprint density at radius 3 is 2.67 bits per heavy atom. The van der Waals surface area contributed by atoms with Crippen molar-refractivity contribution in [1.82, 2.24) is 10.2 Å². The van der Waals surface area contributed by atoms with E-state index >= 15 is 0 Å². The lowest BCUT2D eigenvalue weighted by atomic mass is 9.93. The van der Waals surface area contributed by atoms with E-state index in [0.717, 1.165) is 19.6 Å². The summed E-state index contributed by atoms with van der Waals surface area (Å²) in [6, 6.07) is 0.803. The van der Waals surface area contributed by atoms with Gasteiger partial charge in [-0.2, -0.15) is 0 Å². The topological polar surface area (TPSA) is 49.4 Å². The summed E-state index contributed by atoms with van der Waals surface area (Å²) in [5.74, 6) is 1.37. The Hall–Kier alpha value is -0.130. The van der Waals surface area contributed by atoms with Gasteiger partial charge in [0.25, 0.3) is 0 Å². The molecule has 21 heavy (non-hydrogen) atoms. The lowest BCUT2D eigenvalue weighted by Crippen LogP contribution is -2.51. The first-order chi connectivity index (χ1) is 10.0. The van der Waals surface area contributed by atoms with Crippen LogP contribution in [0.3, 0.4) is 0 Å². The van der Waals surface area contributed by atoms with E-state index in [9.17, 15) is 8.42 Å². The third-order valence-electron chi connectivity index (χ3n) is 5.09. The van der Waals surface area contributed by atoms with E-state index in [1.807, 2.05) is 0 Å². The summed E-state index contributed by atoms with van der Waals surface area (Å²) in [7, 11) is -2.80. The Kier molecular flexibility index (Phi) is 6.51. The highest BCUT2D eigenvalue weighted by molar-refractivity contribution is 7.91. The Labute approximate surface area is 130 Å². The van der Waals surface area contributed by atoms with Gasteiger partial charge in [-0.3, -0.25) is 4.90 Å². The summed E-state index contributed by atoms with van der Waals surface area (Å²) in [4.78, 5) is 2.41. The van der Waals surface area contributed by atoms with E-state index < -0.39 is 9.84 Å². The first-order valence-corrected chi connectivity index (χ1v) is 10.5. The summed E-state index contributed by atoms with van der Waals surface area (Å²) in [6.07, 6.45) is 7.77. The molecule has 2 aliphatic rings. The predicted octanol–water partition coefficient (Wildman–Crippen LogP) is 2.05. The van der Waals surface area contributed by atoms with Gasteiger partial charge in [-0.05, 0) is 38.6 Å². The van der Waals surface area contributed by atoms with E-state index in [-0.39, 0.29) is 6.04 Å². The Morgan fingerprint density at radius 2 is 1.95 bits per heavy atom. The van der Waals surface area contributed by atoms with Crippen LogP contribution >= 0.6 is 0 Å². The molecule has 2 rings (SSSR count). The van der Waals surface area contributed by atoms with Gasteiger partial charge in [0.1, 0.15) is 0 Å². The average Bonchev–Trinajstić information content (AvgIpc) is 2.64. The molecule has 0 aromatic rings. The van der Waals surface area contributed by atoms with E-state index in [1.54, 1.807) is 0 Å². The maximum absolute atomic E-state index is 11.7. The zero-order valence-electron chi connectivity index (χ0n) is 13.7. The van der Waals surface area contributed by atoms with Crippen LogP contribution in [0.1, 0.15) is 52.4 Å². The van der Waals surface area contributed by atoms with Crippen LogP contribution in [0.5, 0.6) is 0 Å². The molecule has 0 bridgehead atoms. The highest BCUT2D eigenvalue weighted by Crippen LogP contribution is 2.26. The predicted molar refractivity (Wildman–Crippen MR) is 88.3 cm³/mol. The summed E-state index contributed by atoms with van der Waals surface area (Å²) < 4.78 is 23.4. The normalized spacial score (nSPS) is 34.5. The molecule has 4 nitrogen and oxygen atoms in total. The van der Waals surface area contributed by atoms with Gasteiger partial charge in [0.15, 0.2) is 9.84 Å². The molecule has 3 atom stereocenters. The van der Waals surface area contributed by atoms with Crippen LogP contribution in [0.2, 0.25) is 0 Å². The number of hydrogen-bond acceptors (Lipinski definition) is 4. The molecule has 5 heteroatoms. The minimum atomic E-state index is -2.80. The van der Waals surface area contributed by atoms with Gasteiger partial charge in [-0.15, -0.1) is 0 Å². The second-order valence-electron chi connectivity index (χ2n) is 6.92. The van der Waals surface area contributed by atoms with Crippen LogP contribution in [0, 0.1) is 5.92 Å². The fourth-order valence-electron chi connectivity index (χ4n) is 3.81. The summed E-state index contributed by atoms with van der Waals surface area (Å²) >= 11 is 0. The summed E-state index contributed by atoms with van der Waals surface area (Å²) in [6.45, 7) is 7.18. The van der Waals surface area contributed by atoms with E-state index in [1.165, 1.54) is 38.5 Å². The molecule has 1 heterocycles. The highest BCUT2D eigenvalue weighted by Gasteiger charge is 2.32. The largest absolute Gasteiger partial charge is 0.314 e. The third kappa shape index (κ3) is 5.22. The SMILES string of the molecule is CCCNC1CCCCCC1CN1CCS(=O)(=O)CC1C. The standard InChI is InChI=1S/C16H32N2O2S/c1-3-9-17-16-8-6-4-5-7-15(16)12-18-10-11-21(19,20)13-14(18)2/h14-17H,3-13H2,1-2H3. The molecule has 0 amide bonds. The molecule has 0 radical (unpaired) electrons. The van der Waals surface area contributed by atoms with Crippen molar-refractivity contribution in [3.8, 4) is 0 Å². The summed E-state index contributed by atoms with van der Waals surface area (Å²) in [5, 5.41) is 3.74. The number of rotatable bonds is 5. The van der Waals surface area contributed by atoms with Crippen LogP contribution in [-0.4, -0.2) is 56.5 Å². The second-order valence-corrected chi connectivity index (χ2v) is 9.15. The van der Waals surface area contributed by atoms with E-state index in [4.69, 9.17) is 0 Å². The molecule has 2 fully saturated rings. The monoisotopic (exact) mass is 316 g/mol. The number of hydrogen-bond donors (Lipinski definition) is 1. The molecule has 1 aliphatic heterocycles. The molecule has 1 N–H and O–H groups in total. The molecule has 3 unspecified atom stereocenters. The summed E-state index contributed by atoms with van der Waals surface area (Å²) in [5.41, 5.74) is 0. The third-order valence-corrected chi connectivity index (χ3v) is 6.89. The molecule has 1 aliphatic carbocycles. The Balaban J connectivity index is 1.94. The van der Waals surface area contributed by atoms with Crippen LogP contribution in [0.15, 0.2) is 0 Å². The van der Waals surface area contributed by atoms with Crippen molar-refractivity contribution in [2.75, 3.05) is 31.1 Å². The van der Waals surface area contributed by atoms with Gasteiger partial charge < -0.3 is 5.32 Å². The maximum atomic E-state index is 11.7. The highest BCUT2D eigenvalue weighted by atomic mass is 32.2. The van der Waals surface area contributed by atoms with Crippen LogP contribution in [-0.2, 0) is 9.84 Å². The number of sulfone groups is 1. The van der Waals surface area contributed by atoms with Crippen molar-refractivity contribution < 1.29 is 8.42 Å². The lowest BCUT2D eigenvalue weighted by Gasteiger charge is -2.38. The molecule has 124 valence electrons.